The number of esters is 1. The summed E-state index contributed by atoms with van der Waals surface area (Å²) in [4.78, 5) is 12.3. The summed E-state index contributed by atoms with van der Waals surface area (Å²) in [6.45, 7) is 2.11. The molecule has 0 fully saturated rings. The van der Waals surface area contributed by atoms with Crippen molar-refractivity contribution in [1.82, 2.24) is 4.57 Å². The Labute approximate surface area is 131 Å². The summed E-state index contributed by atoms with van der Waals surface area (Å²) in [7, 11) is 1.74. The van der Waals surface area contributed by atoms with Crippen LogP contribution in [-0.4, -0.2) is 23.4 Å². The zero-order valence-corrected chi connectivity index (χ0v) is 13.2. The van der Waals surface area contributed by atoms with E-state index in [-0.39, 0.29) is 5.97 Å². The van der Waals surface area contributed by atoms with Gasteiger partial charge in [0.1, 0.15) is 5.69 Å². The molecule has 1 aromatic carbocycles. The van der Waals surface area contributed by atoms with E-state index in [1.54, 1.807) is 36.2 Å². The smallest absolute Gasteiger partial charge is 0.355 e. The highest BCUT2D eigenvalue weighted by molar-refractivity contribution is 7.07. The zero-order valence-electron chi connectivity index (χ0n) is 11.6. The number of hydrogen-bond acceptors (Lipinski definition) is 5. The standard InChI is InChI=1S/C14H14ClN3O2S/c1-3-20-13(19)12-9-21-14(18(12)2)17-16-8-10-6-4-5-7-11(10)15/h4-9H,3H2,1-2H3. The van der Waals surface area contributed by atoms with Crippen LogP contribution >= 0.6 is 22.9 Å². The summed E-state index contributed by atoms with van der Waals surface area (Å²) in [5.41, 5.74) is 1.24. The number of benzene rings is 1. The molecule has 0 aliphatic rings. The molecule has 0 N–H and O–H groups in total. The van der Waals surface area contributed by atoms with E-state index in [0.717, 1.165) is 5.56 Å². The third-order valence-electron chi connectivity index (χ3n) is 2.65. The number of rotatable bonds is 4. The second-order valence-corrected chi connectivity index (χ2v) is 5.29. The van der Waals surface area contributed by atoms with Crippen molar-refractivity contribution in [3.05, 3.63) is 50.7 Å². The molecule has 0 saturated carbocycles. The minimum absolute atomic E-state index is 0.339. The van der Waals surface area contributed by atoms with E-state index in [9.17, 15) is 4.79 Å². The molecule has 0 aliphatic carbocycles. The predicted octanol–water partition coefficient (Wildman–Crippen LogP) is 2.85. The van der Waals surface area contributed by atoms with Crippen LogP contribution in [0.5, 0.6) is 0 Å². The maximum atomic E-state index is 11.7. The lowest BCUT2D eigenvalue weighted by Crippen LogP contribution is -2.17. The van der Waals surface area contributed by atoms with E-state index >= 15 is 0 Å². The van der Waals surface area contributed by atoms with Crippen LogP contribution < -0.4 is 4.80 Å². The molecule has 0 spiro atoms. The van der Waals surface area contributed by atoms with Crippen molar-refractivity contribution in [3.8, 4) is 0 Å². The molecule has 0 radical (unpaired) electrons. The van der Waals surface area contributed by atoms with Gasteiger partial charge in [0.05, 0.1) is 12.8 Å². The first kappa shape index (κ1) is 15.5. The van der Waals surface area contributed by atoms with Gasteiger partial charge in [0, 0.05) is 23.0 Å². The van der Waals surface area contributed by atoms with Crippen molar-refractivity contribution in [3.63, 3.8) is 0 Å². The van der Waals surface area contributed by atoms with Crippen molar-refractivity contribution in [2.75, 3.05) is 6.61 Å². The molecule has 2 aromatic rings. The molecule has 1 heterocycles. The van der Waals surface area contributed by atoms with E-state index in [0.29, 0.717) is 22.1 Å². The maximum Gasteiger partial charge on any atom is 0.355 e. The highest BCUT2D eigenvalue weighted by Crippen LogP contribution is 2.12. The molecule has 110 valence electrons. The van der Waals surface area contributed by atoms with Crippen molar-refractivity contribution >= 4 is 35.1 Å². The molecule has 0 aliphatic heterocycles. The van der Waals surface area contributed by atoms with E-state index in [1.807, 2.05) is 18.2 Å². The number of thiazole rings is 1. The van der Waals surface area contributed by atoms with Gasteiger partial charge >= 0.3 is 5.97 Å². The highest BCUT2D eigenvalue weighted by atomic mass is 35.5. The zero-order chi connectivity index (χ0) is 15.2. The molecule has 0 amide bonds. The van der Waals surface area contributed by atoms with Gasteiger partial charge in [0.2, 0.25) is 4.80 Å². The van der Waals surface area contributed by atoms with Gasteiger partial charge in [-0.05, 0) is 13.0 Å². The number of carbonyl (C=O) groups excluding carboxylic acids is 1. The second kappa shape index (κ2) is 7.19. The van der Waals surface area contributed by atoms with Gasteiger partial charge in [-0.1, -0.05) is 29.8 Å². The Bertz CT molecular complexity index is 734. The van der Waals surface area contributed by atoms with Gasteiger partial charge in [0.15, 0.2) is 0 Å². The van der Waals surface area contributed by atoms with Crippen LogP contribution in [0.4, 0.5) is 0 Å². The van der Waals surface area contributed by atoms with Crippen LogP contribution in [0.15, 0.2) is 39.8 Å². The fourth-order valence-electron chi connectivity index (χ4n) is 1.57. The summed E-state index contributed by atoms with van der Waals surface area (Å²) >= 11 is 7.34. The van der Waals surface area contributed by atoms with E-state index in [2.05, 4.69) is 10.2 Å². The first-order valence-electron chi connectivity index (χ1n) is 6.26. The Kier molecular flexibility index (Phi) is 5.30. The third-order valence-corrected chi connectivity index (χ3v) is 3.91. The molecule has 0 bridgehead atoms. The van der Waals surface area contributed by atoms with Crippen LogP contribution in [0.2, 0.25) is 5.02 Å². The Morgan fingerprint density at radius 1 is 1.48 bits per heavy atom. The lowest BCUT2D eigenvalue weighted by molar-refractivity contribution is 0.0515. The first-order valence-corrected chi connectivity index (χ1v) is 7.52. The Balaban J connectivity index is 2.23. The SMILES string of the molecule is CCOC(=O)c1csc(=NN=Cc2ccccc2Cl)n1C. The first-order chi connectivity index (χ1) is 10.1. The molecule has 1 aromatic heterocycles. The minimum atomic E-state index is -0.368. The largest absolute Gasteiger partial charge is 0.461 e. The molecule has 21 heavy (non-hydrogen) atoms. The molecular weight excluding hydrogens is 310 g/mol. The van der Waals surface area contributed by atoms with E-state index in [1.165, 1.54) is 11.3 Å². The normalized spacial score (nSPS) is 12.0. The van der Waals surface area contributed by atoms with Crippen LogP contribution in [0.3, 0.4) is 0 Å². The number of ether oxygens (including phenoxy) is 1. The van der Waals surface area contributed by atoms with Crippen LogP contribution in [0.25, 0.3) is 0 Å². The molecule has 5 nitrogen and oxygen atoms in total. The molecule has 0 unspecified atom stereocenters. The van der Waals surface area contributed by atoms with E-state index in [4.69, 9.17) is 16.3 Å². The average molecular weight is 324 g/mol. The van der Waals surface area contributed by atoms with Crippen molar-refractivity contribution in [2.24, 2.45) is 17.3 Å². The fourth-order valence-corrected chi connectivity index (χ4v) is 2.58. The Morgan fingerprint density at radius 3 is 2.95 bits per heavy atom. The molecule has 7 heteroatoms. The monoisotopic (exact) mass is 323 g/mol. The summed E-state index contributed by atoms with van der Waals surface area (Å²) in [5, 5.41) is 10.4. The van der Waals surface area contributed by atoms with Gasteiger partial charge in [-0.2, -0.15) is 5.10 Å². The second-order valence-electron chi connectivity index (χ2n) is 4.05. The number of halogens is 1. The van der Waals surface area contributed by atoms with E-state index < -0.39 is 0 Å². The summed E-state index contributed by atoms with van der Waals surface area (Å²) < 4.78 is 6.61. The number of nitrogens with zero attached hydrogens (tertiary/aromatic N) is 3. The van der Waals surface area contributed by atoms with Gasteiger partial charge < -0.3 is 9.30 Å². The number of carbonyl (C=O) groups is 1. The molecular formula is C14H14ClN3O2S. The van der Waals surface area contributed by atoms with Gasteiger partial charge in [-0.15, -0.1) is 16.4 Å². The lowest BCUT2D eigenvalue weighted by Gasteiger charge is -2.01. The van der Waals surface area contributed by atoms with Crippen molar-refractivity contribution < 1.29 is 9.53 Å². The number of hydrogen-bond donors (Lipinski definition) is 0. The molecule has 0 atom stereocenters. The summed E-state index contributed by atoms with van der Waals surface area (Å²) in [6, 6.07) is 7.35. The predicted molar refractivity (Wildman–Crippen MR) is 83.9 cm³/mol. The topological polar surface area (TPSA) is 55.9 Å². The fraction of sp³-hybridized carbons (Fsp3) is 0.214. The minimum Gasteiger partial charge on any atom is -0.461 e. The molecule has 2 rings (SSSR count). The van der Waals surface area contributed by atoms with Crippen LogP contribution in [-0.2, 0) is 11.8 Å². The maximum absolute atomic E-state index is 11.7. The third kappa shape index (κ3) is 3.80. The number of aromatic nitrogens is 1. The van der Waals surface area contributed by atoms with Gasteiger partial charge in [-0.3, -0.25) is 0 Å². The Morgan fingerprint density at radius 2 is 2.24 bits per heavy atom. The summed E-state index contributed by atoms with van der Waals surface area (Å²) in [5.74, 6) is -0.368. The van der Waals surface area contributed by atoms with Crippen molar-refractivity contribution in [2.45, 2.75) is 6.92 Å². The molecule has 0 saturated heterocycles. The van der Waals surface area contributed by atoms with Crippen LogP contribution in [0.1, 0.15) is 23.0 Å². The lowest BCUT2D eigenvalue weighted by atomic mass is 10.2. The van der Waals surface area contributed by atoms with Crippen molar-refractivity contribution in [1.29, 1.82) is 0 Å². The average Bonchev–Trinajstić information content (AvgIpc) is 2.83. The van der Waals surface area contributed by atoms with Gasteiger partial charge in [-0.25, -0.2) is 4.79 Å². The summed E-state index contributed by atoms with van der Waals surface area (Å²) in [6.07, 6.45) is 1.58. The van der Waals surface area contributed by atoms with Gasteiger partial charge in [0.25, 0.3) is 0 Å². The Hall–Kier alpha value is -1.92. The van der Waals surface area contributed by atoms with Crippen LogP contribution in [0, 0.1) is 0 Å². The highest BCUT2D eigenvalue weighted by Gasteiger charge is 2.11. The quantitative estimate of drug-likeness (QED) is 0.493.